The minimum atomic E-state index is -0.740. The third-order valence-electron chi connectivity index (χ3n) is 4.91. The Bertz CT molecular complexity index is 1250. The number of fused-ring (bicyclic) bond motifs is 2. The highest BCUT2D eigenvalue weighted by molar-refractivity contribution is 6.33. The number of ether oxygens (including phenoxy) is 1. The Hall–Kier alpha value is -4.33. The maximum absolute atomic E-state index is 13.2. The van der Waals surface area contributed by atoms with Gasteiger partial charge in [-0.3, -0.25) is 14.4 Å². The van der Waals surface area contributed by atoms with E-state index in [1.807, 2.05) is 0 Å². The van der Waals surface area contributed by atoms with Crippen molar-refractivity contribution in [1.82, 2.24) is 0 Å². The molecule has 8 nitrogen and oxygen atoms in total. The summed E-state index contributed by atoms with van der Waals surface area (Å²) in [6, 6.07) is 11.5. The number of benzene rings is 3. The van der Waals surface area contributed by atoms with E-state index in [2.05, 4.69) is 5.32 Å². The second kappa shape index (κ2) is 6.93. The SMILES string of the molecule is COc1ccccc1C(=O)Nc1ccc(O)c2c1C(=O)c1c(O)ccc(N)c1C2=O. The van der Waals surface area contributed by atoms with Crippen LogP contribution in [0.25, 0.3) is 0 Å². The number of ketones is 2. The van der Waals surface area contributed by atoms with Crippen molar-refractivity contribution in [2.24, 2.45) is 0 Å². The normalized spacial score (nSPS) is 12.2. The van der Waals surface area contributed by atoms with Gasteiger partial charge in [0.2, 0.25) is 11.6 Å². The molecule has 0 atom stereocenters. The van der Waals surface area contributed by atoms with Gasteiger partial charge in [0.05, 0.1) is 40.6 Å². The minimum Gasteiger partial charge on any atom is -0.507 e. The zero-order chi connectivity index (χ0) is 21.6. The molecule has 0 saturated carbocycles. The van der Waals surface area contributed by atoms with Gasteiger partial charge in [0.25, 0.3) is 5.91 Å². The number of phenolic OH excluding ortho intramolecular Hbond substituents is 2. The van der Waals surface area contributed by atoms with Gasteiger partial charge in [0, 0.05) is 5.69 Å². The van der Waals surface area contributed by atoms with Gasteiger partial charge < -0.3 is 26.0 Å². The van der Waals surface area contributed by atoms with Crippen LogP contribution in [0.5, 0.6) is 17.2 Å². The first-order chi connectivity index (χ1) is 14.3. The summed E-state index contributed by atoms with van der Waals surface area (Å²) in [5.41, 5.74) is 5.09. The summed E-state index contributed by atoms with van der Waals surface area (Å²) in [4.78, 5) is 39.0. The number of amides is 1. The van der Waals surface area contributed by atoms with Gasteiger partial charge in [-0.2, -0.15) is 0 Å². The maximum Gasteiger partial charge on any atom is 0.259 e. The van der Waals surface area contributed by atoms with Crippen molar-refractivity contribution in [3.05, 3.63) is 76.3 Å². The largest absolute Gasteiger partial charge is 0.507 e. The van der Waals surface area contributed by atoms with Crippen LogP contribution in [0.15, 0.2) is 48.5 Å². The summed E-state index contributed by atoms with van der Waals surface area (Å²) >= 11 is 0. The van der Waals surface area contributed by atoms with Crippen LogP contribution in [0.3, 0.4) is 0 Å². The van der Waals surface area contributed by atoms with Gasteiger partial charge in [-0.25, -0.2) is 0 Å². The third-order valence-corrected chi connectivity index (χ3v) is 4.91. The van der Waals surface area contributed by atoms with Crippen molar-refractivity contribution in [1.29, 1.82) is 0 Å². The minimum absolute atomic E-state index is 0.00420. The van der Waals surface area contributed by atoms with Crippen LogP contribution in [-0.2, 0) is 0 Å². The third kappa shape index (κ3) is 2.74. The highest BCUT2D eigenvalue weighted by Crippen LogP contribution is 2.41. The molecule has 8 heteroatoms. The van der Waals surface area contributed by atoms with Gasteiger partial charge in [-0.15, -0.1) is 0 Å². The van der Waals surface area contributed by atoms with Crippen molar-refractivity contribution in [3.8, 4) is 17.2 Å². The maximum atomic E-state index is 13.2. The fraction of sp³-hybridized carbons (Fsp3) is 0.0455. The molecule has 1 aliphatic carbocycles. The summed E-state index contributed by atoms with van der Waals surface area (Å²) in [5, 5.41) is 23.1. The Morgan fingerprint density at radius 3 is 2.17 bits per heavy atom. The molecule has 5 N–H and O–H groups in total. The summed E-state index contributed by atoms with van der Waals surface area (Å²) < 4.78 is 5.18. The predicted molar refractivity (Wildman–Crippen MR) is 108 cm³/mol. The van der Waals surface area contributed by atoms with Crippen LogP contribution in [0.2, 0.25) is 0 Å². The van der Waals surface area contributed by atoms with Gasteiger partial charge in [0.15, 0.2) is 0 Å². The first kappa shape index (κ1) is 19.0. The molecule has 4 rings (SSSR count). The van der Waals surface area contributed by atoms with Gasteiger partial charge in [-0.1, -0.05) is 12.1 Å². The molecule has 0 fully saturated rings. The lowest BCUT2D eigenvalue weighted by atomic mass is 9.81. The molecular formula is C22H16N2O6. The molecule has 0 bridgehead atoms. The van der Waals surface area contributed by atoms with E-state index in [-0.39, 0.29) is 39.2 Å². The Morgan fingerprint density at radius 1 is 0.867 bits per heavy atom. The van der Waals surface area contributed by atoms with Crippen LogP contribution in [0.4, 0.5) is 11.4 Å². The van der Waals surface area contributed by atoms with Crippen LogP contribution >= 0.6 is 0 Å². The number of para-hydroxylation sites is 1. The van der Waals surface area contributed by atoms with Crippen molar-refractivity contribution in [2.45, 2.75) is 0 Å². The lowest BCUT2D eigenvalue weighted by Gasteiger charge is -2.23. The molecule has 0 heterocycles. The average Bonchev–Trinajstić information content (AvgIpc) is 2.74. The number of nitrogens with one attached hydrogen (secondary N) is 1. The summed E-state index contributed by atoms with van der Waals surface area (Å²) in [7, 11) is 1.42. The number of anilines is 2. The first-order valence-corrected chi connectivity index (χ1v) is 8.86. The fourth-order valence-corrected chi connectivity index (χ4v) is 3.52. The van der Waals surface area contributed by atoms with Gasteiger partial charge in [-0.05, 0) is 36.4 Å². The van der Waals surface area contributed by atoms with Crippen molar-refractivity contribution >= 4 is 28.8 Å². The topological polar surface area (TPSA) is 139 Å². The van der Waals surface area contributed by atoms with Gasteiger partial charge in [0.1, 0.15) is 17.2 Å². The van der Waals surface area contributed by atoms with Crippen LogP contribution in [0.1, 0.15) is 42.2 Å². The Kier molecular flexibility index (Phi) is 4.39. The van der Waals surface area contributed by atoms with Crippen molar-refractivity contribution in [2.75, 3.05) is 18.2 Å². The first-order valence-electron chi connectivity index (χ1n) is 8.86. The second-order valence-electron chi connectivity index (χ2n) is 6.62. The highest BCUT2D eigenvalue weighted by Gasteiger charge is 2.37. The molecule has 0 radical (unpaired) electrons. The molecule has 3 aromatic rings. The smallest absolute Gasteiger partial charge is 0.259 e. The van der Waals surface area contributed by atoms with Crippen LogP contribution in [0, 0.1) is 0 Å². The molecule has 150 valence electrons. The van der Waals surface area contributed by atoms with E-state index in [1.165, 1.54) is 37.4 Å². The molecule has 0 unspecified atom stereocenters. The summed E-state index contributed by atoms with van der Waals surface area (Å²) in [5.74, 6) is -2.58. The number of hydrogen-bond donors (Lipinski definition) is 4. The standard InChI is InChI=1S/C22H16N2O6/c1-30-15-5-3-2-4-10(15)22(29)24-12-7-9-14(26)19-17(12)21(28)18-13(25)8-6-11(23)16(18)20(19)27/h2-9,25-26H,23H2,1H3,(H,24,29). The summed E-state index contributed by atoms with van der Waals surface area (Å²) in [6.07, 6.45) is 0. The number of carbonyl (C=O) groups is 3. The number of methoxy groups -OCH3 is 1. The zero-order valence-corrected chi connectivity index (χ0v) is 15.7. The molecule has 0 aromatic heterocycles. The van der Waals surface area contributed by atoms with Gasteiger partial charge >= 0.3 is 0 Å². The van der Waals surface area contributed by atoms with Crippen LogP contribution < -0.4 is 15.8 Å². The average molecular weight is 404 g/mol. The summed E-state index contributed by atoms with van der Waals surface area (Å²) in [6.45, 7) is 0. The van der Waals surface area contributed by atoms with E-state index in [4.69, 9.17) is 10.5 Å². The number of nitrogen functional groups attached to an aromatic ring is 1. The number of carbonyl (C=O) groups excluding carboxylic acids is 3. The fourth-order valence-electron chi connectivity index (χ4n) is 3.52. The lowest BCUT2D eigenvalue weighted by Crippen LogP contribution is -2.25. The van der Waals surface area contributed by atoms with E-state index in [9.17, 15) is 24.6 Å². The Morgan fingerprint density at radius 2 is 1.47 bits per heavy atom. The monoisotopic (exact) mass is 404 g/mol. The molecule has 0 saturated heterocycles. The molecule has 3 aromatic carbocycles. The number of hydrogen-bond acceptors (Lipinski definition) is 7. The molecule has 0 aliphatic heterocycles. The van der Waals surface area contributed by atoms with E-state index < -0.39 is 29.0 Å². The number of aromatic hydroxyl groups is 2. The molecule has 0 spiro atoms. The van der Waals surface area contributed by atoms with E-state index in [0.717, 1.165) is 0 Å². The second-order valence-corrected chi connectivity index (χ2v) is 6.62. The zero-order valence-electron chi connectivity index (χ0n) is 15.7. The molecule has 1 amide bonds. The quantitative estimate of drug-likeness (QED) is 0.304. The molecule has 30 heavy (non-hydrogen) atoms. The van der Waals surface area contributed by atoms with E-state index >= 15 is 0 Å². The Labute approximate surface area is 170 Å². The van der Waals surface area contributed by atoms with Crippen LogP contribution in [-0.4, -0.2) is 34.8 Å². The van der Waals surface area contributed by atoms with E-state index in [1.54, 1.807) is 18.2 Å². The highest BCUT2D eigenvalue weighted by atomic mass is 16.5. The predicted octanol–water partition coefficient (Wildman–Crippen LogP) is 2.72. The molecular weight excluding hydrogens is 388 g/mol. The molecule has 1 aliphatic rings. The number of rotatable bonds is 3. The van der Waals surface area contributed by atoms with Crippen molar-refractivity contribution < 1.29 is 29.3 Å². The lowest BCUT2D eigenvalue weighted by molar-refractivity contribution is 0.0974. The number of phenols is 2. The van der Waals surface area contributed by atoms with E-state index in [0.29, 0.717) is 5.75 Å². The Balaban J connectivity index is 1.87. The number of nitrogens with two attached hydrogens (primary N) is 1. The van der Waals surface area contributed by atoms with Crippen molar-refractivity contribution in [3.63, 3.8) is 0 Å².